The fourth-order valence-electron chi connectivity index (χ4n) is 2.52. The van der Waals surface area contributed by atoms with Gasteiger partial charge in [-0.15, -0.1) is 0 Å². The summed E-state index contributed by atoms with van der Waals surface area (Å²) in [5, 5.41) is 0. The minimum atomic E-state index is -0.241. The van der Waals surface area contributed by atoms with E-state index in [2.05, 4.69) is 36.4 Å². The van der Waals surface area contributed by atoms with E-state index in [0.717, 1.165) is 12.0 Å². The van der Waals surface area contributed by atoms with E-state index in [0.29, 0.717) is 19.8 Å². The zero-order chi connectivity index (χ0) is 13.8. The molecule has 1 heterocycles. The van der Waals surface area contributed by atoms with Gasteiger partial charge >= 0.3 is 0 Å². The molecule has 0 unspecified atom stereocenters. The van der Waals surface area contributed by atoms with Gasteiger partial charge in [0.1, 0.15) is 0 Å². The molecule has 2 N–H and O–H groups in total. The molecule has 0 amide bonds. The zero-order valence-electron chi connectivity index (χ0n) is 11.4. The van der Waals surface area contributed by atoms with E-state index in [1.165, 1.54) is 16.7 Å². The van der Waals surface area contributed by atoms with Crippen LogP contribution in [0.25, 0.3) is 11.1 Å². The molecule has 2 aromatic rings. The van der Waals surface area contributed by atoms with Gasteiger partial charge in [0, 0.05) is 5.56 Å². The standard InChI is InChI=1S/C17H19NO2/c18-10-9-13-5-7-14(8-6-13)15-3-1-2-4-16(15)17-19-11-12-20-17/h1-8,17H,9-12,18H2. The van der Waals surface area contributed by atoms with Gasteiger partial charge in [-0.2, -0.15) is 0 Å². The Bertz CT molecular complexity index is 559. The van der Waals surface area contributed by atoms with Crippen molar-refractivity contribution in [2.45, 2.75) is 12.7 Å². The first-order valence-corrected chi connectivity index (χ1v) is 7.00. The first kappa shape index (κ1) is 13.3. The van der Waals surface area contributed by atoms with E-state index < -0.39 is 0 Å². The second-order valence-corrected chi connectivity index (χ2v) is 4.90. The van der Waals surface area contributed by atoms with Crippen LogP contribution in [0.1, 0.15) is 17.4 Å². The van der Waals surface area contributed by atoms with Crippen molar-refractivity contribution in [1.29, 1.82) is 0 Å². The normalized spacial score (nSPS) is 15.7. The summed E-state index contributed by atoms with van der Waals surface area (Å²) in [7, 11) is 0. The van der Waals surface area contributed by atoms with Gasteiger partial charge in [0.15, 0.2) is 6.29 Å². The molecule has 1 aliphatic heterocycles. The largest absolute Gasteiger partial charge is 0.346 e. The van der Waals surface area contributed by atoms with Gasteiger partial charge in [0.25, 0.3) is 0 Å². The molecule has 0 aromatic heterocycles. The van der Waals surface area contributed by atoms with Crippen LogP contribution in [0, 0.1) is 0 Å². The maximum atomic E-state index is 5.62. The Morgan fingerprint density at radius 2 is 1.65 bits per heavy atom. The van der Waals surface area contributed by atoms with Crippen LogP contribution >= 0.6 is 0 Å². The van der Waals surface area contributed by atoms with Crippen LogP contribution in [0.15, 0.2) is 48.5 Å². The quantitative estimate of drug-likeness (QED) is 0.928. The van der Waals surface area contributed by atoms with Crippen molar-refractivity contribution >= 4 is 0 Å². The minimum absolute atomic E-state index is 0.241. The lowest BCUT2D eigenvalue weighted by molar-refractivity contribution is -0.0436. The molecule has 0 spiro atoms. The van der Waals surface area contributed by atoms with Gasteiger partial charge < -0.3 is 15.2 Å². The molecule has 104 valence electrons. The van der Waals surface area contributed by atoms with Crippen LogP contribution in [0.3, 0.4) is 0 Å². The Morgan fingerprint density at radius 3 is 2.35 bits per heavy atom. The first-order valence-electron chi connectivity index (χ1n) is 7.00. The molecule has 0 saturated carbocycles. The Hall–Kier alpha value is -1.68. The fourth-order valence-corrected chi connectivity index (χ4v) is 2.52. The van der Waals surface area contributed by atoms with Crippen molar-refractivity contribution in [3.05, 3.63) is 59.7 Å². The third-order valence-corrected chi connectivity index (χ3v) is 3.53. The average Bonchev–Trinajstić information content (AvgIpc) is 3.03. The highest BCUT2D eigenvalue weighted by Gasteiger charge is 2.21. The summed E-state index contributed by atoms with van der Waals surface area (Å²) in [4.78, 5) is 0. The lowest BCUT2D eigenvalue weighted by Gasteiger charge is -2.15. The van der Waals surface area contributed by atoms with Crippen LogP contribution < -0.4 is 5.73 Å². The highest BCUT2D eigenvalue weighted by Crippen LogP contribution is 2.32. The third kappa shape index (κ3) is 2.75. The molecule has 0 radical (unpaired) electrons. The van der Waals surface area contributed by atoms with Gasteiger partial charge in [0.2, 0.25) is 0 Å². The molecule has 3 rings (SSSR count). The predicted octanol–water partition coefficient (Wildman–Crippen LogP) is 2.90. The third-order valence-electron chi connectivity index (χ3n) is 3.53. The lowest BCUT2D eigenvalue weighted by Crippen LogP contribution is -2.03. The lowest BCUT2D eigenvalue weighted by atomic mass is 9.98. The first-order chi connectivity index (χ1) is 9.88. The van der Waals surface area contributed by atoms with E-state index in [-0.39, 0.29) is 6.29 Å². The van der Waals surface area contributed by atoms with Crippen LogP contribution in [0.2, 0.25) is 0 Å². The van der Waals surface area contributed by atoms with Crippen molar-refractivity contribution in [3.8, 4) is 11.1 Å². The Balaban J connectivity index is 1.92. The van der Waals surface area contributed by atoms with E-state index >= 15 is 0 Å². The topological polar surface area (TPSA) is 44.5 Å². The summed E-state index contributed by atoms with van der Waals surface area (Å²) in [6, 6.07) is 16.8. The Labute approximate surface area is 119 Å². The van der Waals surface area contributed by atoms with Crippen LogP contribution in [0.5, 0.6) is 0 Å². The van der Waals surface area contributed by atoms with E-state index in [4.69, 9.17) is 15.2 Å². The number of hydrogen-bond acceptors (Lipinski definition) is 3. The van der Waals surface area contributed by atoms with E-state index in [1.54, 1.807) is 0 Å². The molecule has 0 atom stereocenters. The van der Waals surface area contributed by atoms with Crippen LogP contribution in [0.4, 0.5) is 0 Å². The molecular formula is C17H19NO2. The predicted molar refractivity (Wildman–Crippen MR) is 79.3 cm³/mol. The molecule has 2 aromatic carbocycles. The van der Waals surface area contributed by atoms with Gasteiger partial charge in [-0.25, -0.2) is 0 Å². The van der Waals surface area contributed by atoms with E-state index in [9.17, 15) is 0 Å². The molecule has 0 aliphatic carbocycles. The average molecular weight is 269 g/mol. The molecule has 1 saturated heterocycles. The van der Waals surface area contributed by atoms with Crippen molar-refractivity contribution in [2.75, 3.05) is 19.8 Å². The number of rotatable bonds is 4. The summed E-state index contributed by atoms with van der Waals surface area (Å²) in [6.07, 6.45) is 0.673. The van der Waals surface area contributed by atoms with E-state index in [1.807, 2.05) is 12.1 Å². The maximum Gasteiger partial charge on any atom is 0.184 e. The molecule has 1 aliphatic rings. The second-order valence-electron chi connectivity index (χ2n) is 4.90. The summed E-state index contributed by atoms with van der Waals surface area (Å²) in [5.41, 5.74) is 10.3. The van der Waals surface area contributed by atoms with Gasteiger partial charge in [-0.3, -0.25) is 0 Å². The summed E-state index contributed by atoms with van der Waals surface area (Å²) in [6.45, 7) is 2.00. The molecule has 3 nitrogen and oxygen atoms in total. The number of hydrogen-bond donors (Lipinski definition) is 1. The molecular weight excluding hydrogens is 250 g/mol. The summed E-state index contributed by atoms with van der Waals surface area (Å²) >= 11 is 0. The highest BCUT2D eigenvalue weighted by molar-refractivity contribution is 5.68. The molecule has 1 fully saturated rings. The van der Waals surface area contributed by atoms with Gasteiger partial charge in [-0.05, 0) is 29.7 Å². The van der Waals surface area contributed by atoms with Crippen molar-refractivity contribution in [2.24, 2.45) is 5.73 Å². The smallest absolute Gasteiger partial charge is 0.184 e. The number of ether oxygens (including phenoxy) is 2. The zero-order valence-corrected chi connectivity index (χ0v) is 11.4. The number of benzene rings is 2. The van der Waals surface area contributed by atoms with Crippen LogP contribution in [-0.2, 0) is 15.9 Å². The molecule has 3 heteroatoms. The monoisotopic (exact) mass is 269 g/mol. The number of nitrogens with two attached hydrogens (primary N) is 1. The van der Waals surface area contributed by atoms with Gasteiger partial charge in [0.05, 0.1) is 13.2 Å². The van der Waals surface area contributed by atoms with Crippen molar-refractivity contribution < 1.29 is 9.47 Å². The second kappa shape index (κ2) is 6.18. The molecule has 20 heavy (non-hydrogen) atoms. The summed E-state index contributed by atoms with van der Waals surface area (Å²) < 4.78 is 11.2. The summed E-state index contributed by atoms with van der Waals surface area (Å²) in [5.74, 6) is 0. The Kier molecular flexibility index (Phi) is 4.11. The van der Waals surface area contributed by atoms with Crippen molar-refractivity contribution in [3.63, 3.8) is 0 Å². The minimum Gasteiger partial charge on any atom is -0.346 e. The van der Waals surface area contributed by atoms with Crippen LogP contribution in [-0.4, -0.2) is 19.8 Å². The Morgan fingerprint density at radius 1 is 0.950 bits per heavy atom. The van der Waals surface area contributed by atoms with Gasteiger partial charge in [-0.1, -0.05) is 48.5 Å². The fraction of sp³-hybridized carbons (Fsp3) is 0.294. The SMILES string of the molecule is NCCc1ccc(-c2ccccc2C2OCCO2)cc1. The molecule has 0 bridgehead atoms. The van der Waals surface area contributed by atoms with Crippen molar-refractivity contribution in [1.82, 2.24) is 0 Å². The maximum absolute atomic E-state index is 5.62. The highest BCUT2D eigenvalue weighted by atomic mass is 16.7.